The molecule has 2 saturated heterocycles. The monoisotopic (exact) mass is 504 g/mol. The number of likely N-dealkylation sites (tertiary alicyclic amines) is 2. The summed E-state index contributed by atoms with van der Waals surface area (Å²) in [5.74, 6) is 2.67. The van der Waals surface area contributed by atoms with Gasteiger partial charge in [-0.2, -0.15) is 18.3 Å². The van der Waals surface area contributed by atoms with Gasteiger partial charge in [0, 0.05) is 60.6 Å². The van der Waals surface area contributed by atoms with Crippen LogP contribution in [0.5, 0.6) is 0 Å². The number of amides is 2. The van der Waals surface area contributed by atoms with Crippen molar-refractivity contribution in [3.63, 3.8) is 0 Å². The van der Waals surface area contributed by atoms with Crippen LogP contribution in [0.25, 0.3) is 0 Å². The van der Waals surface area contributed by atoms with Gasteiger partial charge in [-0.1, -0.05) is 6.07 Å². The summed E-state index contributed by atoms with van der Waals surface area (Å²) in [5.41, 5.74) is -0.656. The van der Waals surface area contributed by atoms with Gasteiger partial charge in [0.05, 0.1) is 0 Å². The number of nitrogens with one attached hydrogen (secondary N) is 1. The number of alkyl halides is 4. The van der Waals surface area contributed by atoms with Crippen molar-refractivity contribution in [2.24, 2.45) is 16.7 Å². The van der Waals surface area contributed by atoms with Gasteiger partial charge in [0.25, 0.3) is 0 Å². The highest BCUT2D eigenvalue weighted by Gasteiger charge is 2.59. The molecular weight excluding hydrogens is 476 g/mol. The molecule has 2 amide bonds. The third-order valence-corrected chi connectivity index (χ3v) is 9.05. The molecule has 7 nitrogen and oxygen atoms in total. The van der Waals surface area contributed by atoms with E-state index in [2.05, 4.69) is 20.2 Å². The predicted octanol–water partition coefficient (Wildman–Crippen LogP) is 4.82. The average Bonchev–Trinajstić information content (AvgIpc) is 3.47. The van der Waals surface area contributed by atoms with Gasteiger partial charge in [-0.15, -0.1) is 0 Å². The number of pyridine rings is 1. The molecule has 0 bridgehead atoms. The summed E-state index contributed by atoms with van der Waals surface area (Å²) in [6.45, 7) is 2.82. The molecule has 4 heterocycles. The number of H-pyrrole nitrogens is 1. The molecule has 1 unspecified atom stereocenters. The van der Waals surface area contributed by atoms with Crippen molar-refractivity contribution in [1.82, 2.24) is 30.0 Å². The number of hydrogen-bond acceptors (Lipinski definition) is 4. The number of hydrogen-bond donors (Lipinski definition) is 1. The van der Waals surface area contributed by atoms with Gasteiger partial charge in [0.15, 0.2) is 5.82 Å². The van der Waals surface area contributed by atoms with Crippen molar-refractivity contribution >= 4 is 6.03 Å². The van der Waals surface area contributed by atoms with Gasteiger partial charge in [-0.05, 0) is 50.5 Å². The number of carbonyl (C=O) groups excluding carboxylic acids is 1. The predicted molar refractivity (Wildman–Crippen MR) is 120 cm³/mol. The Labute approximate surface area is 205 Å². The summed E-state index contributed by atoms with van der Waals surface area (Å²) in [7, 11) is 0. The molecule has 5 fully saturated rings. The first-order valence-corrected chi connectivity index (χ1v) is 12.8. The molecule has 0 aromatic carbocycles. The fourth-order valence-electron chi connectivity index (χ4n) is 6.96. The van der Waals surface area contributed by atoms with Gasteiger partial charge in [0.1, 0.15) is 17.7 Å². The van der Waals surface area contributed by atoms with Gasteiger partial charge in [-0.3, -0.25) is 10.1 Å². The molecule has 1 atom stereocenters. The van der Waals surface area contributed by atoms with E-state index < -0.39 is 18.0 Å². The number of nitrogens with zero attached hydrogens (tertiary/aromatic N) is 5. The Morgan fingerprint density at radius 1 is 1.00 bits per heavy atom. The van der Waals surface area contributed by atoms with Crippen LogP contribution in [0.4, 0.5) is 22.4 Å². The Morgan fingerprint density at radius 2 is 1.64 bits per heavy atom. The van der Waals surface area contributed by atoms with Crippen LogP contribution in [-0.2, 0) is 6.18 Å². The van der Waals surface area contributed by atoms with Gasteiger partial charge in [0.2, 0.25) is 0 Å². The quantitative estimate of drug-likeness (QED) is 0.606. The molecule has 11 heteroatoms. The molecule has 2 aliphatic heterocycles. The SMILES string of the molecule is O=C(N1CC2(CC(c3n[nH]c(C4CC4)n3)C2)C1)N1CC2(CC(C(F)c3ccc(C(F)(F)F)nc3)C2)C1. The smallest absolute Gasteiger partial charge is 0.323 e. The average molecular weight is 505 g/mol. The molecule has 1 N–H and O–H groups in total. The van der Waals surface area contributed by atoms with E-state index in [4.69, 9.17) is 0 Å². The van der Waals surface area contributed by atoms with Crippen LogP contribution in [0.2, 0.25) is 0 Å². The van der Waals surface area contributed by atoms with Crippen molar-refractivity contribution in [2.75, 3.05) is 26.2 Å². The lowest BCUT2D eigenvalue weighted by molar-refractivity contribution is -0.141. The topological polar surface area (TPSA) is 78.0 Å². The van der Waals surface area contributed by atoms with Crippen LogP contribution in [0.1, 0.15) is 79.4 Å². The molecule has 36 heavy (non-hydrogen) atoms. The van der Waals surface area contributed by atoms with Crippen molar-refractivity contribution in [2.45, 2.75) is 62.7 Å². The molecule has 0 radical (unpaired) electrons. The number of urea groups is 1. The maximum Gasteiger partial charge on any atom is 0.433 e. The maximum atomic E-state index is 14.9. The molecule has 2 spiro atoms. The Kier molecular flexibility index (Phi) is 4.63. The van der Waals surface area contributed by atoms with Crippen LogP contribution in [0, 0.1) is 16.7 Å². The van der Waals surface area contributed by atoms with E-state index in [9.17, 15) is 22.4 Å². The van der Waals surface area contributed by atoms with Crippen LogP contribution in [-0.4, -0.2) is 62.2 Å². The third-order valence-electron chi connectivity index (χ3n) is 9.05. The van der Waals surface area contributed by atoms with Crippen LogP contribution in [0.3, 0.4) is 0 Å². The number of carbonyl (C=O) groups is 1. The summed E-state index contributed by atoms with van der Waals surface area (Å²) >= 11 is 0. The first-order valence-electron chi connectivity index (χ1n) is 12.8. The summed E-state index contributed by atoms with van der Waals surface area (Å²) in [6.07, 6.45) is 0.874. The first kappa shape index (κ1) is 22.5. The standard InChI is InChI=1S/C25H28F4N6O/c26-19(15-3-4-18(30-9-15)25(27,28)29)16-5-23(6-16)10-34(11-23)22(36)35-12-24(13-35)7-17(8-24)21-31-20(32-33-21)14-1-2-14/h3-4,9,14,16-17,19H,1-2,5-8,10-13H2,(H,31,32,33). The highest BCUT2D eigenvalue weighted by atomic mass is 19.4. The Bertz CT molecular complexity index is 1160. The molecular formula is C25H28F4N6O. The Hall–Kier alpha value is -2.72. The number of aromatic nitrogens is 4. The minimum atomic E-state index is -4.53. The van der Waals surface area contributed by atoms with E-state index in [0.29, 0.717) is 37.8 Å². The summed E-state index contributed by atoms with van der Waals surface area (Å²) in [4.78, 5) is 24.7. The molecule has 7 rings (SSSR count). The fourth-order valence-corrected chi connectivity index (χ4v) is 6.96. The van der Waals surface area contributed by atoms with E-state index in [1.165, 1.54) is 18.9 Å². The molecule has 5 aliphatic rings. The van der Waals surface area contributed by atoms with Gasteiger partial charge in [-0.25, -0.2) is 14.2 Å². The summed E-state index contributed by atoms with van der Waals surface area (Å²) in [6, 6.07) is 2.08. The first-order chi connectivity index (χ1) is 17.1. The zero-order valence-electron chi connectivity index (χ0n) is 19.8. The fraction of sp³-hybridized carbons (Fsp3) is 0.680. The zero-order chi connectivity index (χ0) is 24.9. The minimum absolute atomic E-state index is 0.0426. The summed E-state index contributed by atoms with van der Waals surface area (Å²) in [5, 5.41) is 7.49. The van der Waals surface area contributed by atoms with E-state index in [1.54, 1.807) is 0 Å². The van der Waals surface area contributed by atoms with E-state index >= 15 is 0 Å². The molecule has 3 saturated carbocycles. The van der Waals surface area contributed by atoms with Gasteiger partial charge < -0.3 is 9.80 Å². The normalized spacial score (nSPS) is 25.8. The number of rotatable bonds is 4. The van der Waals surface area contributed by atoms with Crippen molar-refractivity contribution in [3.8, 4) is 0 Å². The molecule has 2 aromatic heterocycles. The Morgan fingerprint density at radius 3 is 2.19 bits per heavy atom. The van der Waals surface area contributed by atoms with Crippen LogP contribution >= 0.6 is 0 Å². The lowest BCUT2D eigenvalue weighted by atomic mass is 9.56. The highest BCUT2D eigenvalue weighted by molar-refractivity contribution is 5.77. The highest BCUT2D eigenvalue weighted by Crippen LogP contribution is 2.58. The van der Waals surface area contributed by atoms with E-state index in [1.807, 2.05) is 9.80 Å². The molecule has 192 valence electrons. The molecule has 2 aromatic rings. The second kappa shape index (κ2) is 7.41. The van der Waals surface area contributed by atoms with Crippen LogP contribution in [0.15, 0.2) is 18.3 Å². The van der Waals surface area contributed by atoms with Gasteiger partial charge >= 0.3 is 12.2 Å². The minimum Gasteiger partial charge on any atom is -0.323 e. The summed E-state index contributed by atoms with van der Waals surface area (Å²) < 4.78 is 52.9. The van der Waals surface area contributed by atoms with Crippen molar-refractivity contribution in [3.05, 3.63) is 41.2 Å². The van der Waals surface area contributed by atoms with E-state index in [0.717, 1.165) is 49.8 Å². The Balaban J connectivity index is 0.856. The second-order valence-electron chi connectivity index (χ2n) is 12.0. The van der Waals surface area contributed by atoms with Crippen LogP contribution < -0.4 is 0 Å². The van der Waals surface area contributed by atoms with Crippen molar-refractivity contribution in [1.29, 1.82) is 0 Å². The lowest BCUT2D eigenvalue weighted by Crippen LogP contribution is -2.71. The largest absolute Gasteiger partial charge is 0.433 e. The number of aromatic amines is 1. The lowest BCUT2D eigenvalue weighted by Gasteiger charge is -2.63. The third kappa shape index (κ3) is 3.60. The number of halogens is 4. The maximum absolute atomic E-state index is 14.9. The zero-order valence-corrected chi connectivity index (χ0v) is 19.8. The van der Waals surface area contributed by atoms with Crippen molar-refractivity contribution < 1.29 is 22.4 Å². The van der Waals surface area contributed by atoms with E-state index in [-0.39, 0.29) is 28.3 Å². The molecule has 3 aliphatic carbocycles. The second-order valence-corrected chi connectivity index (χ2v) is 12.0.